The number of nitrogens with one attached hydrogen (secondary N) is 2. The molecule has 0 saturated carbocycles. The molecule has 2 heterocycles. The second kappa shape index (κ2) is 11.7. The minimum Gasteiger partial charge on any atom is -0.357 e. The van der Waals surface area contributed by atoms with Crippen molar-refractivity contribution in [1.82, 2.24) is 20.4 Å². The normalized spacial score (nSPS) is 25.5. The summed E-state index contributed by atoms with van der Waals surface area (Å²) in [5, 5.41) is 6.52. The van der Waals surface area contributed by atoms with Gasteiger partial charge in [-0.05, 0) is 25.8 Å². The van der Waals surface area contributed by atoms with Crippen LogP contribution < -0.4 is 10.6 Å². The molecule has 0 radical (unpaired) electrons. The van der Waals surface area contributed by atoms with Gasteiger partial charge in [-0.15, -0.1) is 24.0 Å². The molecule has 154 valence electrons. The number of hydrogen-bond acceptors (Lipinski definition) is 5. The number of rotatable bonds is 7. The van der Waals surface area contributed by atoms with Crippen LogP contribution in [0.3, 0.4) is 0 Å². The molecule has 0 spiro atoms. The van der Waals surface area contributed by atoms with Crippen molar-refractivity contribution < 1.29 is 8.42 Å². The van der Waals surface area contributed by atoms with E-state index in [0.717, 1.165) is 58.3 Å². The number of halogens is 1. The first kappa shape index (κ1) is 23.9. The number of guanidine groups is 1. The summed E-state index contributed by atoms with van der Waals surface area (Å²) in [6.45, 7) is 14.8. The number of likely N-dealkylation sites (N-methyl/N-ethyl adjacent to an activating group) is 1. The van der Waals surface area contributed by atoms with E-state index in [1.54, 1.807) is 0 Å². The van der Waals surface area contributed by atoms with E-state index >= 15 is 0 Å². The second-order valence-corrected chi connectivity index (χ2v) is 9.53. The highest BCUT2D eigenvalue weighted by Crippen LogP contribution is 2.11. The summed E-state index contributed by atoms with van der Waals surface area (Å²) in [5.74, 6) is 1.72. The molecule has 2 aliphatic heterocycles. The number of piperazine rings is 1. The van der Waals surface area contributed by atoms with E-state index in [1.807, 2.05) is 6.92 Å². The van der Waals surface area contributed by atoms with E-state index in [0.29, 0.717) is 12.3 Å². The molecule has 0 amide bonds. The number of aliphatic imine (C=N–C) groups is 1. The van der Waals surface area contributed by atoms with E-state index in [-0.39, 0.29) is 41.5 Å². The van der Waals surface area contributed by atoms with E-state index < -0.39 is 9.84 Å². The van der Waals surface area contributed by atoms with Crippen molar-refractivity contribution in [3.8, 4) is 0 Å². The quantitative estimate of drug-likeness (QED) is 0.303. The Kier molecular flexibility index (Phi) is 10.7. The van der Waals surface area contributed by atoms with Gasteiger partial charge in [-0.25, -0.2) is 8.42 Å². The zero-order valence-electron chi connectivity index (χ0n) is 16.4. The molecule has 0 bridgehead atoms. The van der Waals surface area contributed by atoms with Crippen molar-refractivity contribution in [1.29, 1.82) is 0 Å². The van der Waals surface area contributed by atoms with Gasteiger partial charge < -0.3 is 20.4 Å². The van der Waals surface area contributed by atoms with Crippen LogP contribution in [0.4, 0.5) is 0 Å². The summed E-state index contributed by atoms with van der Waals surface area (Å²) in [6.07, 6.45) is 0.671. The molecular formula is C17H36IN5O2S. The van der Waals surface area contributed by atoms with Crippen LogP contribution >= 0.6 is 24.0 Å². The van der Waals surface area contributed by atoms with Crippen LogP contribution in [-0.2, 0) is 9.84 Å². The smallest absolute Gasteiger partial charge is 0.191 e. The summed E-state index contributed by atoms with van der Waals surface area (Å²) < 4.78 is 23.2. The lowest BCUT2D eigenvalue weighted by atomic mass is 10.1. The Morgan fingerprint density at radius 2 is 1.85 bits per heavy atom. The third-order valence-electron chi connectivity index (χ3n) is 4.96. The maximum Gasteiger partial charge on any atom is 0.191 e. The fraction of sp³-hybridized carbons (Fsp3) is 0.941. The molecule has 0 aliphatic carbocycles. The Bertz CT molecular complexity index is 535. The fourth-order valence-corrected chi connectivity index (χ4v) is 5.13. The fourth-order valence-electron chi connectivity index (χ4n) is 3.46. The molecule has 2 rings (SSSR count). The molecule has 2 unspecified atom stereocenters. The first-order chi connectivity index (χ1) is 11.9. The van der Waals surface area contributed by atoms with E-state index in [9.17, 15) is 8.42 Å². The van der Waals surface area contributed by atoms with Crippen molar-refractivity contribution in [2.45, 2.75) is 33.2 Å². The molecule has 26 heavy (non-hydrogen) atoms. The molecule has 0 aromatic heterocycles. The van der Waals surface area contributed by atoms with Crippen molar-refractivity contribution in [3.05, 3.63) is 0 Å². The lowest BCUT2D eigenvalue weighted by Crippen LogP contribution is -2.47. The van der Waals surface area contributed by atoms with E-state index in [1.165, 1.54) is 0 Å². The average Bonchev–Trinajstić information content (AvgIpc) is 2.92. The Morgan fingerprint density at radius 3 is 2.38 bits per heavy atom. The topological polar surface area (TPSA) is 77.0 Å². The highest BCUT2D eigenvalue weighted by molar-refractivity contribution is 14.0. The minimum absolute atomic E-state index is 0. The number of nitrogens with zero attached hydrogens (tertiary/aromatic N) is 3. The SMILES string of the molecule is CCNC(=NCC(C)CN1CCN(CC)CC1)NC1CCS(=O)(=O)C1.I. The molecule has 2 N–H and O–H groups in total. The van der Waals surface area contributed by atoms with Crippen LogP contribution in [0.2, 0.25) is 0 Å². The minimum atomic E-state index is -2.87. The molecule has 9 heteroatoms. The lowest BCUT2D eigenvalue weighted by molar-refractivity contribution is 0.125. The predicted molar refractivity (Wildman–Crippen MR) is 119 cm³/mol. The third kappa shape index (κ3) is 8.26. The van der Waals surface area contributed by atoms with Crippen molar-refractivity contribution in [2.75, 3.05) is 63.9 Å². The first-order valence-electron chi connectivity index (χ1n) is 9.61. The predicted octanol–water partition coefficient (Wildman–Crippen LogP) is 0.620. The standard InChI is InChI=1S/C17H35N5O2S.HI/c1-4-18-17(20-16-6-11-25(23,24)14-16)19-12-15(3)13-22-9-7-21(5-2)8-10-22;/h15-16H,4-14H2,1-3H3,(H2,18,19,20);1H. The van der Waals surface area contributed by atoms with Crippen molar-refractivity contribution in [2.24, 2.45) is 10.9 Å². The molecule has 0 aromatic carbocycles. The monoisotopic (exact) mass is 501 g/mol. The van der Waals surface area contributed by atoms with Crippen LogP contribution in [0.25, 0.3) is 0 Å². The van der Waals surface area contributed by atoms with Crippen LogP contribution in [0.1, 0.15) is 27.2 Å². The summed E-state index contributed by atoms with van der Waals surface area (Å²) in [4.78, 5) is 9.70. The van der Waals surface area contributed by atoms with Gasteiger partial charge in [0.25, 0.3) is 0 Å². The Labute approximate surface area is 176 Å². The largest absolute Gasteiger partial charge is 0.357 e. The summed E-state index contributed by atoms with van der Waals surface area (Å²) in [6, 6.07) is -0.0137. The molecule has 2 saturated heterocycles. The van der Waals surface area contributed by atoms with Crippen molar-refractivity contribution in [3.63, 3.8) is 0 Å². The van der Waals surface area contributed by atoms with Gasteiger partial charge in [0.05, 0.1) is 11.5 Å². The van der Waals surface area contributed by atoms with Gasteiger partial charge in [-0.2, -0.15) is 0 Å². The van der Waals surface area contributed by atoms with E-state index in [4.69, 9.17) is 0 Å². The van der Waals surface area contributed by atoms with Gasteiger partial charge in [0.2, 0.25) is 0 Å². The number of sulfone groups is 1. The summed E-state index contributed by atoms with van der Waals surface area (Å²) in [5.41, 5.74) is 0. The molecular weight excluding hydrogens is 465 g/mol. The molecule has 2 fully saturated rings. The average molecular weight is 501 g/mol. The van der Waals surface area contributed by atoms with Gasteiger partial charge in [-0.3, -0.25) is 4.99 Å². The highest BCUT2D eigenvalue weighted by atomic mass is 127. The third-order valence-corrected chi connectivity index (χ3v) is 6.73. The van der Waals surface area contributed by atoms with Gasteiger partial charge in [-0.1, -0.05) is 13.8 Å². The van der Waals surface area contributed by atoms with Gasteiger partial charge in [0.1, 0.15) is 0 Å². The maximum atomic E-state index is 11.6. The van der Waals surface area contributed by atoms with Gasteiger partial charge in [0, 0.05) is 51.9 Å². The van der Waals surface area contributed by atoms with E-state index in [2.05, 4.69) is 39.3 Å². The lowest BCUT2D eigenvalue weighted by Gasteiger charge is -2.35. The highest BCUT2D eigenvalue weighted by Gasteiger charge is 2.28. The molecule has 2 aliphatic rings. The maximum absolute atomic E-state index is 11.6. The summed E-state index contributed by atoms with van der Waals surface area (Å²) in [7, 11) is -2.87. The van der Waals surface area contributed by atoms with Gasteiger partial charge >= 0.3 is 0 Å². The first-order valence-corrected chi connectivity index (χ1v) is 11.4. The number of hydrogen-bond donors (Lipinski definition) is 2. The molecule has 7 nitrogen and oxygen atoms in total. The zero-order valence-corrected chi connectivity index (χ0v) is 19.6. The molecule has 0 aromatic rings. The molecule has 2 atom stereocenters. The summed E-state index contributed by atoms with van der Waals surface area (Å²) >= 11 is 0. The van der Waals surface area contributed by atoms with Crippen LogP contribution in [0.5, 0.6) is 0 Å². The van der Waals surface area contributed by atoms with Crippen LogP contribution in [0.15, 0.2) is 4.99 Å². The second-order valence-electron chi connectivity index (χ2n) is 7.30. The van der Waals surface area contributed by atoms with Crippen molar-refractivity contribution >= 4 is 39.8 Å². The van der Waals surface area contributed by atoms with Crippen LogP contribution in [-0.4, -0.2) is 94.1 Å². The zero-order chi connectivity index (χ0) is 18.3. The van der Waals surface area contributed by atoms with Crippen LogP contribution in [0, 0.1) is 5.92 Å². The Hall–Kier alpha value is -0.130. The Morgan fingerprint density at radius 1 is 1.19 bits per heavy atom. The Balaban J connectivity index is 0.00000338. The van der Waals surface area contributed by atoms with Gasteiger partial charge in [0.15, 0.2) is 15.8 Å².